The highest BCUT2D eigenvalue weighted by Gasteiger charge is 2.24. The van der Waals surface area contributed by atoms with Crippen LogP contribution < -0.4 is 5.32 Å². The highest BCUT2D eigenvalue weighted by molar-refractivity contribution is 5.77. The number of allylic oxidation sites excluding steroid dienone is 12. The fraction of sp³-hybridized carbons (Fsp3) is 0.720. The van der Waals surface area contributed by atoms with Crippen LogP contribution in [0.2, 0.25) is 0 Å². The fourth-order valence-electron chi connectivity index (χ4n) is 6.53. The van der Waals surface area contributed by atoms with Crippen molar-refractivity contribution >= 4 is 11.9 Å². The Labute approximate surface area is 345 Å². The number of hydrogen-bond donors (Lipinski definition) is 3. The fourth-order valence-corrected chi connectivity index (χ4v) is 6.53. The number of aliphatic hydroxyl groups is 2. The van der Waals surface area contributed by atoms with E-state index in [2.05, 4.69) is 99.0 Å². The molecule has 0 saturated heterocycles. The van der Waals surface area contributed by atoms with Crippen LogP contribution in [0.5, 0.6) is 0 Å². The second kappa shape index (κ2) is 43.4. The molecule has 0 radical (unpaired) electrons. The number of amides is 1. The number of aliphatic hydroxyl groups excluding tert-OH is 2. The van der Waals surface area contributed by atoms with Crippen LogP contribution in [0, 0.1) is 0 Å². The summed E-state index contributed by atoms with van der Waals surface area (Å²) in [5, 5.41) is 23.6. The molecule has 0 fully saturated rings. The highest BCUT2D eigenvalue weighted by Crippen LogP contribution is 2.16. The number of esters is 1. The molecule has 0 saturated carbocycles. The SMILES string of the molecule is CC/C=C\C/C=C\C/C=C\C/C=C\C/C=C\CCCC(=O)OC(CCCCC/C=C\CCC)CC(=O)NC(CO)C(O)CCCCCCCCCCCCCC. The van der Waals surface area contributed by atoms with Gasteiger partial charge in [0.1, 0.15) is 6.10 Å². The summed E-state index contributed by atoms with van der Waals surface area (Å²) in [6, 6.07) is -0.718. The first-order chi connectivity index (χ1) is 27.5. The van der Waals surface area contributed by atoms with Crippen LogP contribution in [0.15, 0.2) is 72.9 Å². The molecule has 1 amide bonds. The van der Waals surface area contributed by atoms with Crippen molar-refractivity contribution in [1.82, 2.24) is 5.32 Å². The average Bonchev–Trinajstić information content (AvgIpc) is 3.19. The molecule has 0 spiro atoms. The first kappa shape index (κ1) is 53.3. The summed E-state index contributed by atoms with van der Waals surface area (Å²) in [6.45, 7) is 6.26. The molecule has 3 atom stereocenters. The van der Waals surface area contributed by atoms with Gasteiger partial charge in [0.25, 0.3) is 0 Å². The molecule has 0 aliphatic heterocycles. The summed E-state index contributed by atoms with van der Waals surface area (Å²) in [5.74, 6) is -0.569. The summed E-state index contributed by atoms with van der Waals surface area (Å²) in [4.78, 5) is 25.9. The van der Waals surface area contributed by atoms with Crippen LogP contribution in [-0.4, -0.2) is 46.9 Å². The van der Waals surface area contributed by atoms with Crippen LogP contribution in [0.1, 0.15) is 207 Å². The number of ether oxygens (including phenoxy) is 1. The quantitative estimate of drug-likeness (QED) is 0.0327. The second-order valence-electron chi connectivity index (χ2n) is 15.4. The van der Waals surface area contributed by atoms with E-state index < -0.39 is 18.2 Å². The summed E-state index contributed by atoms with van der Waals surface area (Å²) in [7, 11) is 0. The molecule has 0 rings (SSSR count). The van der Waals surface area contributed by atoms with Crippen LogP contribution in [0.3, 0.4) is 0 Å². The Hall–Kier alpha value is -2.70. The van der Waals surface area contributed by atoms with Gasteiger partial charge in [-0.15, -0.1) is 0 Å². The lowest BCUT2D eigenvalue weighted by Crippen LogP contribution is -2.46. The van der Waals surface area contributed by atoms with Crippen LogP contribution >= 0.6 is 0 Å². The van der Waals surface area contributed by atoms with Crippen molar-refractivity contribution in [3.63, 3.8) is 0 Å². The first-order valence-corrected chi connectivity index (χ1v) is 23.2. The van der Waals surface area contributed by atoms with Crippen LogP contribution in [-0.2, 0) is 14.3 Å². The molecular formula is C50H87NO5. The smallest absolute Gasteiger partial charge is 0.306 e. The maximum atomic E-state index is 13.1. The van der Waals surface area contributed by atoms with Crippen molar-refractivity contribution in [2.24, 2.45) is 0 Å². The van der Waals surface area contributed by atoms with E-state index in [1.807, 2.05) is 0 Å². The van der Waals surface area contributed by atoms with E-state index in [-0.39, 0.29) is 24.9 Å². The number of hydrogen-bond acceptors (Lipinski definition) is 5. The molecule has 322 valence electrons. The van der Waals surface area contributed by atoms with Crippen molar-refractivity contribution in [1.29, 1.82) is 0 Å². The Bertz CT molecular complexity index is 1060. The molecule has 0 aliphatic rings. The Morgan fingerprint density at radius 3 is 1.55 bits per heavy atom. The molecule has 0 bridgehead atoms. The molecule has 0 aromatic carbocycles. The van der Waals surface area contributed by atoms with E-state index in [4.69, 9.17) is 4.74 Å². The lowest BCUT2D eigenvalue weighted by Gasteiger charge is -2.24. The summed E-state index contributed by atoms with van der Waals surface area (Å²) in [6.07, 6.45) is 54.0. The van der Waals surface area contributed by atoms with Gasteiger partial charge in [0, 0.05) is 6.42 Å². The highest BCUT2D eigenvalue weighted by atomic mass is 16.5. The number of nitrogens with one attached hydrogen (secondary N) is 1. The topological polar surface area (TPSA) is 95.9 Å². The molecule has 56 heavy (non-hydrogen) atoms. The van der Waals surface area contributed by atoms with Crippen molar-refractivity contribution in [2.45, 2.75) is 225 Å². The molecule has 0 heterocycles. The first-order valence-electron chi connectivity index (χ1n) is 23.2. The minimum Gasteiger partial charge on any atom is -0.462 e. The molecular weight excluding hydrogens is 695 g/mol. The van der Waals surface area contributed by atoms with Crippen LogP contribution in [0.25, 0.3) is 0 Å². The number of rotatable bonds is 40. The van der Waals surface area contributed by atoms with Gasteiger partial charge in [0.15, 0.2) is 0 Å². The van der Waals surface area contributed by atoms with Crippen molar-refractivity contribution in [3.05, 3.63) is 72.9 Å². The third-order valence-electron chi connectivity index (χ3n) is 10.0. The zero-order chi connectivity index (χ0) is 41.0. The van der Waals surface area contributed by atoms with Gasteiger partial charge in [-0.25, -0.2) is 0 Å². The summed E-state index contributed by atoms with van der Waals surface area (Å²) in [5.41, 5.74) is 0. The molecule has 6 heteroatoms. The normalized spacial score (nSPS) is 14.0. The third kappa shape index (κ3) is 38.2. The molecule has 3 N–H and O–H groups in total. The van der Waals surface area contributed by atoms with E-state index in [0.717, 1.165) is 96.3 Å². The largest absolute Gasteiger partial charge is 0.462 e. The average molecular weight is 782 g/mol. The zero-order valence-corrected chi connectivity index (χ0v) is 36.5. The van der Waals surface area contributed by atoms with E-state index in [0.29, 0.717) is 25.7 Å². The molecule has 0 aliphatic carbocycles. The van der Waals surface area contributed by atoms with Gasteiger partial charge in [-0.1, -0.05) is 184 Å². The predicted molar refractivity (Wildman–Crippen MR) is 241 cm³/mol. The van der Waals surface area contributed by atoms with Crippen molar-refractivity contribution in [2.75, 3.05) is 6.61 Å². The van der Waals surface area contributed by atoms with Gasteiger partial charge >= 0.3 is 5.97 Å². The van der Waals surface area contributed by atoms with E-state index in [9.17, 15) is 19.8 Å². The maximum Gasteiger partial charge on any atom is 0.306 e. The monoisotopic (exact) mass is 782 g/mol. The van der Waals surface area contributed by atoms with E-state index >= 15 is 0 Å². The van der Waals surface area contributed by atoms with Gasteiger partial charge < -0.3 is 20.3 Å². The predicted octanol–water partition coefficient (Wildman–Crippen LogP) is 13.4. The van der Waals surface area contributed by atoms with Crippen molar-refractivity contribution in [3.8, 4) is 0 Å². The molecule has 6 nitrogen and oxygen atoms in total. The standard InChI is InChI=1S/C50H87NO5/c1-4-7-10-13-16-19-21-23-24-25-26-27-29-31-34-37-40-43-50(55)56-46(41-38-35-32-18-15-12-9-6-3)44-49(54)51-47(45-52)48(53)42-39-36-33-30-28-22-20-17-14-11-8-5-2/h7,10,12,15-16,19,23-24,26-27,31,34,46-48,52-53H,4-6,8-9,11,13-14,17-18,20-22,25,28-30,32-33,35-45H2,1-3H3,(H,51,54)/b10-7-,15-12-,19-16-,24-23-,27-26-,34-31-. The van der Waals surface area contributed by atoms with Gasteiger partial charge in [-0.3, -0.25) is 9.59 Å². The Morgan fingerprint density at radius 1 is 0.536 bits per heavy atom. The molecule has 0 aromatic rings. The number of unbranched alkanes of at least 4 members (excludes halogenated alkanes) is 16. The second-order valence-corrected chi connectivity index (χ2v) is 15.4. The molecule has 3 unspecified atom stereocenters. The van der Waals surface area contributed by atoms with Gasteiger partial charge in [0.2, 0.25) is 5.91 Å². The Kier molecular flexibility index (Phi) is 41.3. The number of carbonyl (C=O) groups excluding carboxylic acids is 2. The minimum absolute atomic E-state index is 0.0404. The maximum absolute atomic E-state index is 13.1. The lowest BCUT2D eigenvalue weighted by atomic mass is 10.0. The lowest BCUT2D eigenvalue weighted by molar-refractivity contribution is -0.151. The van der Waals surface area contributed by atoms with E-state index in [1.165, 1.54) is 57.8 Å². The number of carbonyl (C=O) groups is 2. The Balaban J connectivity index is 4.59. The van der Waals surface area contributed by atoms with Crippen molar-refractivity contribution < 1.29 is 24.5 Å². The summed E-state index contributed by atoms with van der Waals surface area (Å²) < 4.78 is 5.85. The van der Waals surface area contributed by atoms with Crippen LogP contribution in [0.4, 0.5) is 0 Å². The van der Waals surface area contributed by atoms with E-state index in [1.54, 1.807) is 0 Å². The minimum atomic E-state index is -0.801. The third-order valence-corrected chi connectivity index (χ3v) is 10.0. The zero-order valence-electron chi connectivity index (χ0n) is 36.5. The molecule has 0 aromatic heterocycles. The van der Waals surface area contributed by atoms with Gasteiger partial charge in [-0.05, 0) is 83.5 Å². The Morgan fingerprint density at radius 2 is 1.00 bits per heavy atom. The van der Waals surface area contributed by atoms with Gasteiger partial charge in [0.05, 0.1) is 25.2 Å². The van der Waals surface area contributed by atoms with Gasteiger partial charge in [-0.2, -0.15) is 0 Å². The summed E-state index contributed by atoms with van der Waals surface area (Å²) >= 11 is 0.